The molecule has 1 aromatic heterocycles. The summed E-state index contributed by atoms with van der Waals surface area (Å²) in [5.41, 5.74) is 0.713. The molecule has 1 aliphatic rings. The van der Waals surface area contributed by atoms with E-state index >= 15 is 0 Å². The molecule has 2 aromatic rings. The molecule has 0 spiro atoms. The largest absolute Gasteiger partial charge is 0.431 e. The van der Waals surface area contributed by atoms with Crippen LogP contribution in [0.25, 0.3) is 0 Å². The minimum atomic E-state index is -0.802. The molecule has 1 aromatic carbocycles. The maximum atomic E-state index is 12.3. The summed E-state index contributed by atoms with van der Waals surface area (Å²) in [5, 5.41) is 0. The van der Waals surface area contributed by atoms with E-state index in [1.807, 2.05) is 37.3 Å². The van der Waals surface area contributed by atoms with Gasteiger partial charge >= 0.3 is 6.09 Å². The maximum absolute atomic E-state index is 12.3. The van der Waals surface area contributed by atoms with Crippen LogP contribution in [0.1, 0.15) is 21.4 Å². The van der Waals surface area contributed by atoms with Crippen LogP contribution in [0.2, 0.25) is 0 Å². The maximum Gasteiger partial charge on any atom is 0.417 e. The van der Waals surface area contributed by atoms with Crippen LogP contribution in [0, 0.1) is 6.92 Å². The minimum Gasteiger partial charge on any atom is -0.431 e. The molecule has 0 N–H and O–H groups in total. The molecular formula is C16H15NO3S. The van der Waals surface area contributed by atoms with E-state index < -0.39 is 12.2 Å². The van der Waals surface area contributed by atoms with Gasteiger partial charge in [0, 0.05) is 28.3 Å². The Balaban J connectivity index is 1.69. The summed E-state index contributed by atoms with van der Waals surface area (Å²) < 4.78 is 5.21. The van der Waals surface area contributed by atoms with Crippen molar-refractivity contribution in [1.29, 1.82) is 0 Å². The highest BCUT2D eigenvalue weighted by Crippen LogP contribution is 2.27. The lowest BCUT2D eigenvalue weighted by Crippen LogP contribution is -2.31. The molecule has 0 bridgehead atoms. The van der Waals surface area contributed by atoms with E-state index in [4.69, 9.17) is 4.74 Å². The molecule has 21 heavy (non-hydrogen) atoms. The second kappa shape index (κ2) is 5.69. The topological polar surface area (TPSA) is 46.6 Å². The quantitative estimate of drug-likeness (QED) is 0.870. The fraction of sp³-hybridized carbons (Fsp3) is 0.250. The van der Waals surface area contributed by atoms with Crippen molar-refractivity contribution in [3.05, 3.63) is 57.8 Å². The lowest BCUT2D eigenvalue weighted by atomic mass is 10.1. The summed E-state index contributed by atoms with van der Waals surface area (Å²) >= 11 is 1.68. The molecular weight excluding hydrogens is 286 g/mol. The summed E-state index contributed by atoms with van der Waals surface area (Å²) in [6.45, 7) is 2.40. The van der Waals surface area contributed by atoms with Crippen LogP contribution in [0.5, 0.6) is 0 Å². The van der Waals surface area contributed by atoms with E-state index in [2.05, 4.69) is 0 Å². The number of nitrogens with zero attached hydrogens (tertiary/aromatic N) is 1. The molecule has 0 saturated carbocycles. The van der Waals surface area contributed by atoms with Crippen molar-refractivity contribution in [2.45, 2.75) is 19.4 Å². The first-order valence-electron chi connectivity index (χ1n) is 6.77. The number of cyclic esters (lactones) is 1. The normalized spacial score (nSPS) is 18.1. The van der Waals surface area contributed by atoms with Crippen molar-refractivity contribution < 1.29 is 14.3 Å². The van der Waals surface area contributed by atoms with Gasteiger partial charge in [-0.15, -0.1) is 11.3 Å². The Morgan fingerprint density at radius 2 is 1.90 bits per heavy atom. The van der Waals surface area contributed by atoms with Crippen molar-refractivity contribution in [3.63, 3.8) is 0 Å². The molecule has 5 heteroatoms. The van der Waals surface area contributed by atoms with Gasteiger partial charge in [-0.3, -0.25) is 4.79 Å². The number of hydrogen-bond acceptors (Lipinski definition) is 4. The molecule has 1 fully saturated rings. The average Bonchev–Trinajstić information content (AvgIpc) is 3.02. The Morgan fingerprint density at radius 3 is 2.57 bits per heavy atom. The molecule has 1 atom stereocenters. The van der Waals surface area contributed by atoms with Crippen molar-refractivity contribution in [2.75, 3.05) is 6.54 Å². The monoisotopic (exact) mass is 301 g/mol. The first kappa shape index (κ1) is 13.8. The van der Waals surface area contributed by atoms with Gasteiger partial charge in [0.1, 0.15) is 0 Å². The van der Waals surface area contributed by atoms with Gasteiger partial charge in [-0.1, -0.05) is 30.3 Å². The Bertz CT molecular complexity index is 665. The van der Waals surface area contributed by atoms with Gasteiger partial charge in [0.15, 0.2) is 0 Å². The van der Waals surface area contributed by atoms with Crippen LogP contribution in [0.4, 0.5) is 4.79 Å². The van der Waals surface area contributed by atoms with Gasteiger partial charge in [0.25, 0.3) is 5.91 Å². The first-order chi connectivity index (χ1) is 10.1. The smallest absolute Gasteiger partial charge is 0.417 e. The molecule has 3 rings (SSSR count). The van der Waals surface area contributed by atoms with Gasteiger partial charge in [0.2, 0.25) is 6.10 Å². The van der Waals surface area contributed by atoms with E-state index in [-0.39, 0.29) is 5.91 Å². The third-order valence-electron chi connectivity index (χ3n) is 3.41. The van der Waals surface area contributed by atoms with Gasteiger partial charge in [-0.2, -0.15) is 0 Å². The zero-order valence-corrected chi connectivity index (χ0v) is 12.4. The highest BCUT2D eigenvalue weighted by atomic mass is 32.1. The van der Waals surface area contributed by atoms with Crippen molar-refractivity contribution in [3.8, 4) is 0 Å². The molecule has 1 aliphatic heterocycles. The Morgan fingerprint density at radius 1 is 1.14 bits per heavy atom. The highest BCUT2D eigenvalue weighted by Gasteiger charge is 2.41. The van der Waals surface area contributed by atoms with Crippen LogP contribution in [-0.2, 0) is 16.0 Å². The van der Waals surface area contributed by atoms with Crippen LogP contribution in [-0.4, -0.2) is 23.4 Å². The molecule has 4 nitrogen and oxygen atoms in total. The van der Waals surface area contributed by atoms with E-state index in [0.29, 0.717) is 18.5 Å². The molecule has 108 valence electrons. The zero-order chi connectivity index (χ0) is 14.8. The third-order valence-corrected chi connectivity index (χ3v) is 4.47. The van der Waals surface area contributed by atoms with Gasteiger partial charge in [0.05, 0.1) is 0 Å². The number of carbonyl (C=O) groups is 2. The summed E-state index contributed by atoms with van der Waals surface area (Å²) in [6, 6.07) is 13.2. The summed E-state index contributed by atoms with van der Waals surface area (Å²) in [6.07, 6.45) is -0.688. The molecule has 0 radical (unpaired) electrons. The highest BCUT2D eigenvalue weighted by molar-refractivity contribution is 7.11. The number of hydrogen-bond donors (Lipinski definition) is 0. The molecule has 1 saturated heterocycles. The van der Waals surface area contributed by atoms with E-state index in [0.717, 1.165) is 4.88 Å². The number of aryl methyl sites for hydroxylation is 1. The van der Waals surface area contributed by atoms with Crippen molar-refractivity contribution in [2.24, 2.45) is 0 Å². The number of benzene rings is 1. The fourth-order valence-electron chi connectivity index (χ4n) is 2.33. The van der Waals surface area contributed by atoms with Crippen LogP contribution in [0.3, 0.4) is 0 Å². The number of amides is 2. The van der Waals surface area contributed by atoms with Crippen LogP contribution >= 0.6 is 11.3 Å². The van der Waals surface area contributed by atoms with E-state index in [1.54, 1.807) is 23.5 Å². The lowest BCUT2D eigenvalue weighted by molar-refractivity contribution is -0.129. The van der Waals surface area contributed by atoms with E-state index in [9.17, 15) is 9.59 Å². The van der Waals surface area contributed by atoms with Gasteiger partial charge in [-0.25, -0.2) is 9.69 Å². The molecule has 2 heterocycles. The number of thiophene rings is 1. The number of rotatable bonds is 4. The average molecular weight is 301 g/mol. The van der Waals surface area contributed by atoms with Crippen LogP contribution < -0.4 is 0 Å². The predicted molar refractivity (Wildman–Crippen MR) is 80.1 cm³/mol. The summed E-state index contributed by atoms with van der Waals surface area (Å²) in [4.78, 5) is 27.8. The summed E-state index contributed by atoms with van der Waals surface area (Å²) in [5.74, 6) is -0.278. The fourth-order valence-corrected chi connectivity index (χ4v) is 3.21. The first-order valence-corrected chi connectivity index (χ1v) is 7.59. The minimum absolute atomic E-state index is 0.278. The van der Waals surface area contributed by atoms with Crippen LogP contribution in [0.15, 0.2) is 42.5 Å². The third kappa shape index (κ3) is 2.83. The standard InChI is InChI=1S/C16H15NO3S/c1-11-7-8-13(21-11)9-10-17-15(18)14(20-16(17)19)12-5-3-2-4-6-12/h2-8,14H,9-10H2,1H3. The molecule has 0 aliphatic carbocycles. The molecule has 2 amide bonds. The lowest BCUT2D eigenvalue weighted by Gasteiger charge is -2.10. The van der Waals surface area contributed by atoms with Gasteiger partial charge < -0.3 is 4.74 Å². The second-order valence-electron chi connectivity index (χ2n) is 4.93. The predicted octanol–water partition coefficient (Wildman–Crippen LogP) is 3.32. The number of carbonyl (C=O) groups excluding carboxylic acids is 2. The number of imide groups is 1. The van der Waals surface area contributed by atoms with Crippen molar-refractivity contribution in [1.82, 2.24) is 4.90 Å². The Labute approximate surface area is 127 Å². The zero-order valence-electron chi connectivity index (χ0n) is 11.6. The second-order valence-corrected chi connectivity index (χ2v) is 6.30. The van der Waals surface area contributed by atoms with E-state index in [1.165, 1.54) is 9.78 Å². The molecule has 1 unspecified atom stereocenters. The Kier molecular flexibility index (Phi) is 3.75. The number of ether oxygens (including phenoxy) is 1. The summed E-state index contributed by atoms with van der Waals surface area (Å²) in [7, 11) is 0. The van der Waals surface area contributed by atoms with Gasteiger partial charge in [-0.05, 0) is 19.1 Å². The SMILES string of the molecule is Cc1ccc(CCN2C(=O)OC(c3ccccc3)C2=O)s1. The Hall–Kier alpha value is -2.14. The van der Waals surface area contributed by atoms with Crippen molar-refractivity contribution >= 4 is 23.3 Å².